The van der Waals surface area contributed by atoms with Gasteiger partial charge in [-0.2, -0.15) is 0 Å². The Balaban J connectivity index is 2.24. The van der Waals surface area contributed by atoms with Gasteiger partial charge < -0.3 is 83.2 Å². The predicted molar refractivity (Wildman–Crippen MR) is 227 cm³/mol. The zero-order chi connectivity index (χ0) is 39.8. The van der Waals surface area contributed by atoms with Gasteiger partial charge in [0.2, 0.25) is 0 Å². The maximum absolute atomic E-state index is 7.09. The van der Waals surface area contributed by atoms with Crippen molar-refractivity contribution in [3.63, 3.8) is 0 Å². The minimum absolute atomic E-state index is 0.0796. The molecular formula is C17H60O20Si16. The van der Waals surface area contributed by atoms with Gasteiger partial charge in [0.25, 0.3) is 6.48 Å². The highest BCUT2D eigenvalue weighted by molar-refractivity contribution is 6.97. The predicted octanol–water partition coefficient (Wildman–Crippen LogP) is -1.15. The topological polar surface area (TPSA) is 185 Å². The van der Waals surface area contributed by atoms with Crippen LogP contribution >= 0.6 is 0 Å². The minimum Gasteiger partial charge on any atom is -0.404 e. The van der Waals surface area contributed by atoms with Crippen LogP contribution in [0.15, 0.2) is 0 Å². The van der Waals surface area contributed by atoms with Crippen molar-refractivity contribution in [2.45, 2.75) is 111 Å². The third-order valence-corrected chi connectivity index (χ3v) is 49.0. The highest BCUT2D eigenvalue weighted by Gasteiger charge is 2.86. The molecule has 20 nitrogen and oxygen atoms in total. The summed E-state index contributed by atoms with van der Waals surface area (Å²) >= 11 is 0. The van der Waals surface area contributed by atoms with Crippen molar-refractivity contribution in [3.8, 4) is 0 Å². The lowest BCUT2D eigenvalue weighted by Gasteiger charge is -2.56. The van der Waals surface area contributed by atoms with E-state index < -0.39 is 142 Å². The average Bonchev–Trinajstić information content (AvgIpc) is 2.86. The Labute approximate surface area is 338 Å². The Morgan fingerprint density at radius 2 is 0.585 bits per heavy atom. The maximum Gasteiger partial charge on any atom is 0.660 e. The SMILES string of the molecule is C[SiH](C)OC1O[Si]2(O[SiH](C)C)O[Si]3(O[SiH](C)C)O[Si](O[SiH3])(O[SiH](C)C)O[Si]4(O[SiH](C)C)O[Si](O[SiH](C)C)(O1)O[Si](O[SiH](C)C)(O2)O[Si](O[SiH](C)C)(O3)O4. The second-order valence-electron chi connectivity index (χ2n) is 14.5. The molecule has 4 heterocycles. The molecule has 4 unspecified atom stereocenters. The van der Waals surface area contributed by atoms with Gasteiger partial charge in [0.15, 0.2) is 72.3 Å². The van der Waals surface area contributed by atoms with Gasteiger partial charge in [-0.25, -0.2) is 0 Å². The first kappa shape index (κ1) is 48.3. The Kier molecular flexibility index (Phi) is 17.1. The summed E-state index contributed by atoms with van der Waals surface area (Å²) in [5, 5.41) is 0. The molecule has 6 bridgehead atoms. The number of hydrogen-bond acceptors (Lipinski definition) is 20. The van der Waals surface area contributed by atoms with Crippen molar-refractivity contribution in [2.24, 2.45) is 0 Å². The molecule has 4 saturated heterocycles. The summed E-state index contributed by atoms with van der Waals surface area (Å²) in [6.45, 7) is 29.4. The standard InChI is InChI=1S/C17H60O20Si16/c1-39(2)18-17-19-47(22-40(3)4)29-50(25-43(9)10)30-48(20-17,23-41(5)6)32-52(27-45(13)14)34-49(21-38,24-42(7)8)33-51(31-47,26-44(11)12)36-53(35-50,37-52)28-46(15)16/h17,39-46H,1-16,38H3. The van der Waals surface area contributed by atoms with Crippen LogP contribution in [0.4, 0.5) is 0 Å². The lowest BCUT2D eigenvalue weighted by atomic mass is 11.4. The third kappa shape index (κ3) is 12.8. The van der Waals surface area contributed by atoms with Crippen molar-refractivity contribution in [1.29, 1.82) is 0 Å². The fraction of sp³-hybridized carbons (Fsp3) is 1.00. The van der Waals surface area contributed by atoms with E-state index in [9.17, 15) is 0 Å². The summed E-state index contributed by atoms with van der Waals surface area (Å²) in [6, 6.07) is 0. The number of hydrogen-bond donors (Lipinski definition) is 0. The maximum atomic E-state index is 7.09. The van der Waals surface area contributed by atoms with Crippen LogP contribution < -0.4 is 0 Å². The average molecular weight is 1030 g/mol. The van der Waals surface area contributed by atoms with Gasteiger partial charge in [-0.1, -0.05) is 0 Å². The summed E-state index contributed by atoms with van der Waals surface area (Å²) in [6.07, 6.45) is 0. The van der Waals surface area contributed by atoms with E-state index in [1.807, 2.05) is 105 Å². The Hall–Kier alpha value is 2.67. The Bertz CT molecular complexity index is 1150. The number of rotatable bonds is 17. The monoisotopic (exact) mass is 1030 g/mol. The smallest absolute Gasteiger partial charge is 0.404 e. The van der Waals surface area contributed by atoms with E-state index >= 15 is 0 Å². The van der Waals surface area contributed by atoms with Gasteiger partial charge >= 0.3 is 63.3 Å². The highest BCUT2D eigenvalue weighted by Crippen LogP contribution is 2.47. The van der Waals surface area contributed by atoms with E-state index in [1.54, 1.807) is 0 Å². The van der Waals surface area contributed by atoms with Crippen molar-refractivity contribution in [3.05, 3.63) is 0 Å². The second kappa shape index (κ2) is 18.7. The molecule has 0 N–H and O–H groups in total. The fourth-order valence-corrected chi connectivity index (χ4v) is 57.7. The van der Waals surface area contributed by atoms with Crippen molar-refractivity contribution in [1.82, 2.24) is 0 Å². The summed E-state index contributed by atoms with van der Waals surface area (Å²) in [5.41, 5.74) is 0. The van der Waals surface area contributed by atoms with Crippen molar-refractivity contribution >= 4 is 146 Å². The summed E-state index contributed by atoms with van der Waals surface area (Å²) in [4.78, 5) is 0. The molecule has 4 aliphatic heterocycles. The molecule has 312 valence electrons. The first-order valence-corrected chi connectivity index (χ1v) is 52.4. The molecule has 4 rings (SSSR count). The molecule has 0 amide bonds. The summed E-state index contributed by atoms with van der Waals surface area (Å²) < 4.78 is 137. The van der Waals surface area contributed by atoms with Crippen LogP contribution in [0.1, 0.15) is 0 Å². The molecule has 0 aromatic carbocycles. The van der Waals surface area contributed by atoms with E-state index in [2.05, 4.69) is 0 Å². The highest BCUT2D eigenvalue weighted by atomic mass is 28.6. The van der Waals surface area contributed by atoms with E-state index in [1.165, 1.54) is 0 Å². The molecule has 4 aliphatic rings. The first-order valence-electron chi connectivity index (χ1n) is 18.0. The van der Waals surface area contributed by atoms with Crippen LogP contribution in [0.25, 0.3) is 0 Å². The molecule has 0 aromatic heterocycles. The van der Waals surface area contributed by atoms with Crippen LogP contribution in [-0.4, -0.2) is 153 Å². The van der Waals surface area contributed by atoms with Gasteiger partial charge in [0.05, 0.1) is 0 Å². The van der Waals surface area contributed by atoms with E-state index in [0.717, 1.165) is 0 Å². The lowest BCUT2D eigenvalue weighted by molar-refractivity contribution is -0.231. The quantitative estimate of drug-likeness (QED) is 0.159. The van der Waals surface area contributed by atoms with Gasteiger partial charge in [0.1, 0.15) is 10.5 Å². The molecular weight excluding hydrogens is 974 g/mol. The van der Waals surface area contributed by atoms with Gasteiger partial charge in [0, 0.05) is 0 Å². The summed E-state index contributed by atoms with van der Waals surface area (Å²) in [5.74, 6) is 0. The molecule has 0 radical (unpaired) electrons. The molecule has 4 fully saturated rings. The fourth-order valence-electron chi connectivity index (χ4n) is 4.96. The van der Waals surface area contributed by atoms with E-state index in [4.69, 9.17) is 83.2 Å². The Morgan fingerprint density at radius 1 is 0.340 bits per heavy atom. The van der Waals surface area contributed by atoms with Crippen LogP contribution in [0.5, 0.6) is 0 Å². The van der Waals surface area contributed by atoms with Gasteiger partial charge in [-0.3, -0.25) is 0 Å². The van der Waals surface area contributed by atoms with Crippen molar-refractivity contribution in [2.75, 3.05) is 0 Å². The van der Waals surface area contributed by atoms with Crippen LogP contribution in [0, 0.1) is 0 Å². The molecule has 0 aromatic rings. The lowest BCUT2D eigenvalue weighted by Crippen LogP contribution is -2.87. The summed E-state index contributed by atoms with van der Waals surface area (Å²) in [7, 11) is -50.2. The van der Waals surface area contributed by atoms with Crippen LogP contribution in [-0.2, 0) is 83.2 Å². The third-order valence-electron chi connectivity index (χ3n) is 6.02. The largest absolute Gasteiger partial charge is 0.660 e. The molecule has 36 heteroatoms. The van der Waals surface area contributed by atoms with Gasteiger partial charge in [-0.15, -0.1) is 0 Å². The second-order valence-corrected chi connectivity index (χ2v) is 54.6. The first-order chi connectivity index (χ1) is 24.3. The van der Waals surface area contributed by atoms with Crippen LogP contribution in [0.2, 0.25) is 105 Å². The van der Waals surface area contributed by atoms with Crippen LogP contribution in [0.3, 0.4) is 0 Å². The van der Waals surface area contributed by atoms with Gasteiger partial charge in [-0.05, 0) is 105 Å². The number of fused-ring (bicyclic) bond motifs is 4. The van der Waals surface area contributed by atoms with E-state index in [-0.39, 0.29) is 10.5 Å². The molecule has 0 saturated carbocycles. The van der Waals surface area contributed by atoms with Crippen molar-refractivity contribution < 1.29 is 83.2 Å². The van der Waals surface area contributed by atoms with E-state index in [0.29, 0.717) is 0 Å². The molecule has 53 heavy (non-hydrogen) atoms. The molecule has 0 spiro atoms. The normalized spacial score (nSPS) is 39.5. The Morgan fingerprint density at radius 3 is 0.830 bits per heavy atom. The zero-order valence-electron chi connectivity index (χ0n) is 33.9. The zero-order valence-corrected chi connectivity index (χ0v) is 52.1. The minimum atomic E-state index is -4.81. The molecule has 4 atom stereocenters. The molecule has 0 aliphatic carbocycles.